The van der Waals surface area contributed by atoms with Gasteiger partial charge in [-0.1, -0.05) is 71.9 Å². The van der Waals surface area contributed by atoms with E-state index >= 15 is 0 Å². The molecule has 4 rings (SSSR count). The van der Waals surface area contributed by atoms with Gasteiger partial charge in [-0.3, -0.25) is 9.59 Å². The van der Waals surface area contributed by atoms with E-state index in [-0.39, 0.29) is 17.6 Å². The Kier molecular flexibility index (Phi) is 9.61. The summed E-state index contributed by atoms with van der Waals surface area (Å²) in [6, 6.07) is 22.3. The second kappa shape index (κ2) is 13.3. The van der Waals surface area contributed by atoms with Crippen LogP contribution in [0.2, 0.25) is 5.02 Å². The second-order valence-corrected chi connectivity index (χ2v) is 10.5. The third-order valence-corrected chi connectivity index (χ3v) is 7.83. The summed E-state index contributed by atoms with van der Waals surface area (Å²) < 4.78 is 10.6. The van der Waals surface area contributed by atoms with Gasteiger partial charge in [0.05, 0.1) is 53.3 Å². The van der Waals surface area contributed by atoms with Gasteiger partial charge in [-0.2, -0.15) is 5.26 Å². The van der Waals surface area contributed by atoms with Crippen LogP contribution >= 0.6 is 23.4 Å². The zero-order valence-electron chi connectivity index (χ0n) is 23.0. The van der Waals surface area contributed by atoms with E-state index in [1.54, 1.807) is 19.1 Å². The highest BCUT2D eigenvalue weighted by Gasteiger charge is 2.35. The highest BCUT2D eigenvalue weighted by atomic mass is 35.5. The fourth-order valence-corrected chi connectivity index (χ4v) is 5.61. The van der Waals surface area contributed by atoms with E-state index in [1.165, 1.54) is 26.0 Å². The molecule has 210 valence electrons. The molecule has 10 heteroatoms. The topological polar surface area (TPSA) is 112 Å². The molecule has 0 radical (unpaired) electrons. The standard InChI is InChI=1S/C31H29ClN4O4S/c1-18-10-8-9-13-23(18)36-30(38)28-19(2)34-31(21(16-33)29(28)20-11-6-5-7-12-20)41-17-27(37)35-24-15-25(39-3)22(32)14-26(24)40-4/h5-15,29,34H,17H2,1-4H3,(H,35,37)(H,36,38). The first-order chi connectivity index (χ1) is 19.8. The van der Waals surface area contributed by atoms with Crippen LogP contribution in [0, 0.1) is 18.3 Å². The van der Waals surface area contributed by atoms with Gasteiger partial charge in [0, 0.05) is 29.1 Å². The molecule has 41 heavy (non-hydrogen) atoms. The number of hydrogen-bond acceptors (Lipinski definition) is 7. The van der Waals surface area contributed by atoms with E-state index in [2.05, 4.69) is 22.0 Å². The van der Waals surface area contributed by atoms with Crippen molar-refractivity contribution in [1.29, 1.82) is 5.26 Å². The number of amides is 2. The van der Waals surface area contributed by atoms with Gasteiger partial charge in [-0.05, 0) is 31.0 Å². The average molecular weight is 589 g/mol. The van der Waals surface area contributed by atoms with E-state index in [4.69, 9.17) is 21.1 Å². The molecule has 0 aromatic heterocycles. The summed E-state index contributed by atoms with van der Waals surface area (Å²) in [5.74, 6) is -0.503. The lowest BCUT2D eigenvalue weighted by Gasteiger charge is -2.30. The molecule has 1 aliphatic rings. The molecule has 1 aliphatic heterocycles. The van der Waals surface area contributed by atoms with Crippen molar-refractivity contribution in [2.45, 2.75) is 19.8 Å². The number of hydrogen-bond donors (Lipinski definition) is 3. The van der Waals surface area contributed by atoms with Crippen molar-refractivity contribution in [2.75, 3.05) is 30.6 Å². The van der Waals surface area contributed by atoms with Crippen LogP contribution < -0.4 is 25.4 Å². The van der Waals surface area contributed by atoms with Gasteiger partial charge < -0.3 is 25.4 Å². The van der Waals surface area contributed by atoms with Gasteiger partial charge in [-0.25, -0.2) is 0 Å². The normalized spacial score (nSPS) is 14.6. The number of ether oxygens (including phenoxy) is 2. The molecule has 0 saturated heterocycles. The first kappa shape index (κ1) is 29.6. The number of aryl methyl sites for hydroxylation is 1. The molecule has 0 aliphatic carbocycles. The van der Waals surface area contributed by atoms with Crippen LogP contribution in [0.15, 0.2) is 88.6 Å². The molecular formula is C31H29ClN4O4S. The van der Waals surface area contributed by atoms with Crippen molar-refractivity contribution in [1.82, 2.24) is 5.32 Å². The minimum Gasteiger partial charge on any atom is -0.495 e. The van der Waals surface area contributed by atoms with Gasteiger partial charge in [0.1, 0.15) is 11.5 Å². The van der Waals surface area contributed by atoms with Crippen molar-refractivity contribution in [3.8, 4) is 17.6 Å². The van der Waals surface area contributed by atoms with Gasteiger partial charge in [0.15, 0.2) is 0 Å². The summed E-state index contributed by atoms with van der Waals surface area (Å²) >= 11 is 7.35. The number of nitrogens with zero attached hydrogens (tertiary/aromatic N) is 1. The number of halogens is 1. The van der Waals surface area contributed by atoms with Crippen molar-refractivity contribution >= 4 is 46.6 Å². The molecule has 3 aromatic rings. The van der Waals surface area contributed by atoms with Crippen LogP contribution in [0.3, 0.4) is 0 Å². The minimum atomic E-state index is -0.627. The number of nitriles is 1. The van der Waals surface area contributed by atoms with E-state index < -0.39 is 5.92 Å². The lowest BCUT2D eigenvalue weighted by Crippen LogP contribution is -2.31. The second-order valence-electron chi connectivity index (χ2n) is 9.15. The monoisotopic (exact) mass is 588 g/mol. The average Bonchev–Trinajstić information content (AvgIpc) is 2.97. The number of methoxy groups -OCH3 is 2. The van der Waals surface area contributed by atoms with Gasteiger partial charge in [-0.15, -0.1) is 0 Å². The molecule has 0 bridgehead atoms. The molecule has 0 saturated carbocycles. The number of nitrogens with one attached hydrogen (secondary N) is 3. The molecule has 1 atom stereocenters. The smallest absolute Gasteiger partial charge is 0.254 e. The van der Waals surface area contributed by atoms with E-state index in [0.29, 0.717) is 49.8 Å². The highest BCUT2D eigenvalue weighted by Crippen LogP contribution is 2.41. The van der Waals surface area contributed by atoms with Gasteiger partial charge >= 0.3 is 0 Å². The predicted octanol–water partition coefficient (Wildman–Crippen LogP) is 6.37. The van der Waals surface area contributed by atoms with Gasteiger partial charge in [0.2, 0.25) is 5.91 Å². The quantitative estimate of drug-likeness (QED) is 0.266. The number of carbonyl (C=O) groups is 2. The predicted molar refractivity (Wildman–Crippen MR) is 163 cm³/mol. The Morgan fingerprint density at radius 2 is 1.66 bits per heavy atom. The summed E-state index contributed by atoms with van der Waals surface area (Å²) in [7, 11) is 2.96. The molecule has 1 heterocycles. The first-order valence-corrected chi connectivity index (χ1v) is 14.0. The molecule has 3 N–H and O–H groups in total. The highest BCUT2D eigenvalue weighted by molar-refractivity contribution is 8.03. The first-order valence-electron chi connectivity index (χ1n) is 12.7. The Bertz CT molecular complexity index is 1580. The summed E-state index contributed by atoms with van der Waals surface area (Å²) in [5, 5.41) is 20.2. The Morgan fingerprint density at radius 1 is 0.976 bits per heavy atom. The summed E-state index contributed by atoms with van der Waals surface area (Å²) in [4.78, 5) is 26.6. The maximum Gasteiger partial charge on any atom is 0.254 e. The number of anilines is 2. The largest absolute Gasteiger partial charge is 0.495 e. The Balaban J connectivity index is 1.61. The lowest BCUT2D eigenvalue weighted by molar-refractivity contribution is -0.114. The molecular weight excluding hydrogens is 560 g/mol. The number of carbonyl (C=O) groups excluding carboxylic acids is 2. The molecule has 2 amide bonds. The Hall–Kier alpha value is -4.39. The van der Waals surface area contributed by atoms with Crippen LogP contribution in [0.25, 0.3) is 0 Å². The minimum absolute atomic E-state index is 0.0128. The molecule has 0 spiro atoms. The number of benzene rings is 3. The molecule has 1 unspecified atom stereocenters. The lowest BCUT2D eigenvalue weighted by atomic mass is 9.82. The number of allylic oxidation sites excluding steroid dienone is 2. The van der Waals surface area contributed by atoms with Crippen LogP contribution in [0.4, 0.5) is 11.4 Å². The number of dihydropyridines is 1. The Morgan fingerprint density at radius 3 is 2.32 bits per heavy atom. The zero-order chi connectivity index (χ0) is 29.5. The summed E-state index contributed by atoms with van der Waals surface area (Å²) in [6.45, 7) is 3.71. The summed E-state index contributed by atoms with van der Waals surface area (Å²) in [5.41, 5.74) is 4.18. The van der Waals surface area contributed by atoms with Crippen molar-refractivity contribution < 1.29 is 19.1 Å². The molecule has 0 fully saturated rings. The molecule has 8 nitrogen and oxygen atoms in total. The fourth-order valence-electron chi connectivity index (χ4n) is 4.49. The maximum atomic E-state index is 13.6. The Labute approximate surface area is 248 Å². The third kappa shape index (κ3) is 6.68. The zero-order valence-corrected chi connectivity index (χ0v) is 24.6. The van der Waals surface area contributed by atoms with Crippen LogP contribution in [-0.2, 0) is 9.59 Å². The van der Waals surface area contributed by atoms with Crippen molar-refractivity contribution in [3.63, 3.8) is 0 Å². The van der Waals surface area contributed by atoms with Crippen LogP contribution in [0.1, 0.15) is 24.0 Å². The van der Waals surface area contributed by atoms with E-state index in [9.17, 15) is 14.9 Å². The van der Waals surface area contributed by atoms with Crippen molar-refractivity contribution in [2.24, 2.45) is 0 Å². The van der Waals surface area contributed by atoms with Crippen LogP contribution in [-0.4, -0.2) is 31.8 Å². The van der Waals surface area contributed by atoms with Crippen molar-refractivity contribution in [3.05, 3.63) is 105 Å². The van der Waals surface area contributed by atoms with Crippen LogP contribution in [0.5, 0.6) is 11.5 Å². The number of para-hydroxylation sites is 1. The number of rotatable bonds is 9. The van der Waals surface area contributed by atoms with E-state index in [1.807, 2.05) is 61.5 Å². The number of thioether (sulfide) groups is 1. The molecule has 3 aromatic carbocycles. The summed E-state index contributed by atoms with van der Waals surface area (Å²) in [6.07, 6.45) is 0. The fraction of sp³-hybridized carbons (Fsp3) is 0.194. The third-order valence-electron chi connectivity index (χ3n) is 6.51. The van der Waals surface area contributed by atoms with Gasteiger partial charge in [0.25, 0.3) is 5.91 Å². The maximum absolute atomic E-state index is 13.6. The van der Waals surface area contributed by atoms with E-state index in [0.717, 1.165) is 11.1 Å². The SMILES string of the molecule is COc1cc(NC(=O)CSC2=C(C#N)C(c3ccccc3)C(C(=O)Nc3ccccc3C)=C(C)N2)c(OC)cc1Cl.